The average Bonchev–Trinajstić information content (AvgIpc) is 3.22. The number of rotatable bonds is 4. The van der Waals surface area contributed by atoms with Crippen LogP contribution in [0.4, 0.5) is 5.69 Å². The molecule has 1 saturated heterocycles. The van der Waals surface area contributed by atoms with Gasteiger partial charge in [0, 0.05) is 31.0 Å². The quantitative estimate of drug-likeness (QED) is 0.465. The van der Waals surface area contributed by atoms with Gasteiger partial charge in [0.05, 0.1) is 24.6 Å². The maximum atomic E-state index is 13.5. The van der Waals surface area contributed by atoms with E-state index in [2.05, 4.69) is 5.32 Å². The van der Waals surface area contributed by atoms with E-state index in [1.165, 1.54) is 18.3 Å². The Morgan fingerprint density at radius 2 is 1.61 bits per heavy atom. The molecule has 4 aromatic rings. The van der Waals surface area contributed by atoms with E-state index in [0.717, 1.165) is 32.6 Å². The van der Waals surface area contributed by atoms with Gasteiger partial charge in [0.1, 0.15) is 9.71 Å². The third-order valence-corrected chi connectivity index (χ3v) is 6.68. The second-order valence-electron chi connectivity index (χ2n) is 7.86. The number of nitrogens with one attached hydrogen (secondary N) is 1. The van der Waals surface area contributed by atoms with Crippen LogP contribution in [0.15, 0.2) is 66.7 Å². The van der Waals surface area contributed by atoms with Crippen LogP contribution in [0.2, 0.25) is 0 Å². The maximum absolute atomic E-state index is 13.5. The van der Waals surface area contributed by atoms with Crippen LogP contribution in [-0.2, 0) is 9.53 Å². The number of hydrogen-bond acceptors (Lipinski definition) is 5. The van der Waals surface area contributed by atoms with Crippen LogP contribution in [-0.4, -0.2) is 48.0 Å². The summed E-state index contributed by atoms with van der Waals surface area (Å²) in [5.74, 6) is -0.331. The largest absolute Gasteiger partial charge is 0.378 e. The SMILES string of the molecule is CC(=O)Nc1c(C(=O)N2CCOCC2)sc2nc(-c3ccccc3)cc(-c3ccccc3)c12. The van der Waals surface area contributed by atoms with Crippen molar-refractivity contribution in [2.75, 3.05) is 31.6 Å². The van der Waals surface area contributed by atoms with Crippen molar-refractivity contribution in [2.45, 2.75) is 6.92 Å². The van der Waals surface area contributed by atoms with Crippen molar-refractivity contribution in [3.8, 4) is 22.4 Å². The van der Waals surface area contributed by atoms with E-state index in [-0.39, 0.29) is 11.8 Å². The molecule has 0 aliphatic carbocycles. The summed E-state index contributed by atoms with van der Waals surface area (Å²) in [7, 11) is 0. The third kappa shape index (κ3) is 4.25. The third-order valence-electron chi connectivity index (χ3n) is 5.61. The molecule has 1 fully saturated rings. The number of benzene rings is 2. The highest BCUT2D eigenvalue weighted by atomic mass is 32.1. The van der Waals surface area contributed by atoms with Gasteiger partial charge in [-0.15, -0.1) is 11.3 Å². The van der Waals surface area contributed by atoms with E-state index in [0.29, 0.717) is 36.9 Å². The van der Waals surface area contributed by atoms with Gasteiger partial charge in [-0.3, -0.25) is 9.59 Å². The van der Waals surface area contributed by atoms with E-state index >= 15 is 0 Å². The maximum Gasteiger partial charge on any atom is 0.266 e. The lowest BCUT2D eigenvalue weighted by molar-refractivity contribution is -0.114. The summed E-state index contributed by atoms with van der Waals surface area (Å²) >= 11 is 1.33. The normalized spacial score (nSPS) is 13.8. The highest BCUT2D eigenvalue weighted by Gasteiger charge is 2.28. The van der Waals surface area contributed by atoms with Gasteiger partial charge in [-0.1, -0.05) is 60.7 Å². The number of fused-ring (bicyclic) bond motifs is 1. The number of carbonyl (C=O) groups excluding carboxylic acids is 2. The number of carbonyl (C=O) groups is 2. The summed E-state index contributed by atoms with van der Waals surface area (Å²) in [6.07, 6.45) is 0. The van der Waals surface area contributed by atoms with Gasteiger partial charge >= 0.3 is 0 Å². The molecule has 1 aliphatic rings. The lowest BCUT2D eigenvalue weighted by Crippen LogP contribution is -2.40. The van der Waals surface area contributed by atoms with Crippen molar-refractivity contribution in [3.63, 3.8) is 0 Å². The molecular weight excluding hydrogens is 434 g/mol. The molecular formula is C26H23N3O3S. The monoisotopic (exact) mass is 457 g/mol. The molecule has 2 amide bonds. The van der Waals surface area contributed by atoms with Gasteiger partial charge in [0.2, 0.25) is 5.91 Å². The van der Waals surface area contributed by atoms with Gasteiger partial charge in [-0.05, 0) is 17.2 Å². The molecule has 0 bridgehead atoms. The van der Waals surface area contributed by atoms with Crippen LogP contribution in [0.1, 0.15) is 16.6 Å². The summed E-state index contributed by atoms with van der Waals surface area (Å²) in [5, 5.41) is 3.73. The van der Waals surface area contributed by atoms with Crippen molar-refractivity contribution >= 4 is 39.1 Å². The van der Waals surface area contributed by atoms with Crippen molar-refractivity contribution in [3.05, 3.63) is 71.6 Å². The molecule has 166 valence electrons. The molecule has 1 aliphatic heterocycles. The molecule has 3 heterocycles. The Bertz CT molecular complexity index is 1310. The summed E-state index contributed by atoms with van der Waals surface area (Å²) in [6.45, 7) is 3.54. The number of anilines is 1. The zero-order valence-electron chi connectivity index (χ0n) is 18.2. The van der Waals surface area contributed by atoms with Crippen LogP contribution >= 0.6 is 11.3 Å². The zero-order valence-corrected chi connectivity index (χ0v) is 19.0. The Morgan fingerprint density at radius 1 is 0.970 bits per heavy atom. The molecule has 6 nitrogen and oxygen atoms in total. The standard InChI is InChI=1S/C26H23N3O3S/c1-17(30)27-23-22-20(18-8-4-2-5-9-18)16-21(19-10-6-3-7-11-19)28-25(22)33-24(23)26(31)29-12-14-32-15-13-29/h2-11,16H,12-15H2,1H3,(H,27,30). The van der Waals surface area contributed by atoms with Gasteiger partial charge in [0.25, 0.3) is 5.91 Å². The summed E-state index contributed by atoms with van der Waals surface area (Å²) < 4.78 is 5.41. The second-order valence-corrected chi connectivity index (χ2v) is 8.86. The average molecular weight is 458 g/mol. The number of amides is 2. The summed E-state index contributed by atoms with van der Waals surface area (Å²) in [4.78, 5) is 33.6. The van der Waals surface area contributed by atoms with Gasteiger partial charge < -0.3 is 15.0 Å². The zero-order chi connectivity index (χ0) is 22.8. The fraction of sp³-hybridized carbons (Fsp3) is 0.192. The van der Waals surface area contributed by atoms with Crippen LogP contribution in [0.3, 0.4) is 0 Å². The molecule has 2 aromatic carbocycles. The predicted octanol–water partition coefficient (Wildman–Crippen LogP) is 5.06. The van der Waals surface area contributed by atoms with E-state index in [1.807, 2.05) is 66.7 Å². The van der Waals surface area contributed by atoms with Crippen LogP contribution in [0.5, 0.6) is 0 Å². The molecule has 2 aromatic heterocycles. The Labute approximate surface area is 195 Å². The number of ether oxygens (including phenoxy) is 1. The molecule has 7 heteroatoms. The van der Waals surface area contributed by atoms with Gasteiger partial charge in [-0.2, -0.15) is 0 Å². The van der Waals surface area contributed by atoms with Crippen LogP contribution < -0.4 is 5.32 Å². The summed E-state index contributed by atoms with van der Waals surface area (Å²) in [6, 6.07) is 22.0. The first-order valence-corrected chi connectivity index (χ1v) is 11.7. The fourth-order valence-electron chi connectivity index (χ4n) is 4.06. The number of morpholine rings is 1. The van der Waals surface area contributed by atoms with E-state index in [1.54, 1.807) is 4.90 Å². The van der Waals surface area contributed by atoms with E-state index < -0.39 is 0 Å². The highest BCUT2D eigenvalue weighted by molar-refractivity contribution is 7.21. The molecule has 0 spiro atoms. The summed E-state index contributed by atoms with van der Waals surface area (Å²) in [5.41, 5.74) is 4.28. The van der Waals surface area contributed by atoms with E-state index in [9.17, 15) is 9.59 Å². The first kappa shape index (κ1) is 21.3. The minimum atomic E-state index is -0.225. The number of nitrogens with zero attached hydrogens (tertiary/aromatic N) is 2. The highest BCUT2D eigenvalue weighted by Crippen LogP contribution is 2.43. The molecule has 33 heavy (non-hydrogen) atoms. The lowest BCUT2D eigenvalue weighted by Gasteiger charge is -2.26. The smallest absolute Gasteiger partial charge is 0.266 e. The first-order valence-electron chi connectivity index (χ1n) is 10.8. The molecule has 0 saturated carbocycles. The number of aromatic nitrogens is 1. The topological polar surface area (TPSA) is 71.5 Å². The fourth-order valence-corrected chi connectivity index (χ4v) is 5.18. The van der Waals surface area contributed by atoms with E-state index in [4.69, 9.17) is 9.72 Å². The van der Waals surface area contributed by atoms with Gasteiger partial charge in [-0.25, -0.2) is 4.98 Å². The minimum absolute atomic E-state index is 0.106. The Balaban J connectivity index is 1.76. The van der Waals surface area contributed by atoms with Gasteiger partial charge in [0.15, 0.2) is 0 Å². The first-order chi connectivity index (χ1) is 16.1. The minimum Gasteiger partial charge on any atom is -0.378 e. The Morgan fingerprint density at radius 3 is 2.24 bits per heavy atom. The molecule has 1 N–H and O–H groups in total. The number of hydrogen-bond donors (Lipinski definition) is 1. The molecule has 5 rings (SSSR count). The van der Waals surface area contributed by atoms with Crippen molar-refractivity contribution in [1.29, 1.82) is 0 Å². The lowest BCUT2D eigenvalue weighted by atomic mass is 9.99. The Hall–Kier alpha value is -3.55. The van der Waals surface area contributed by atoms with Crippen LogP contribution in [0, 0.1) is 0 Å². The number of thiophene rings is 1. The molecule has 0 unspecified atom stereocenters. The van der Waals surface area contributed by atoms with Crippen molar-refractivity contribution in [2.24, 2.45) is 0 Å². The Kier molecular flexibility index (Phi) is 5.90. The second kappa shape index (κ2) is 9.13. The molecule has 0 atom stereocenters. The predicted molar refractivity (Wildman–Crippen MR) is 132 cm³/mol. The van der Waals surface area contributed by atoms with Crippen LogP contribution in [0.25, 0.3) is 32.6 Å². The number of pyridine rings is 1. The van der Waals surface area contributed by atoms with Crippen molar-refractivity contribution in [1.82, 2.24) is 9.88 Å². The van der Waals surface area contributed by atoms with Crippen molar-refractivity contribution < 1.29 is 14.3 Å². The molecule has 0 radical (unpaired) electrons.